The van der Waals surface area contributed by atoms with Crippen LogP contribution in [0.15, 0.2) is 79.0 Å². The van der Waals surface area contributed by atoms with Gasteiger partial charge >= 0.3 is 7.69 Å². The first kappa shape index (κ1) is 15.0. The SMILES string of the molecule is O[B]O.c1ccc(-c2cccnc2-c2ccccc2)cc1. The lowest BCUT2D eigenvalue weighted by Crippen LogP contribution is -1.88. The number of hydrogen-bond acceptors (Lipinski definition) is 3. The Bertz CT molecular complexity index is 601. The number of nitrogens with zero attached hydrogens (tertiary/aromatic N) is 1. The number of aromatic nitrogens is 1. The maximum absolute atomic E-state index is 7.00. The van der Waals surface area contributed by atoms with E-state index in [1.165, 1.54) is 11.1 Å². The van der Waals surface area contributed by atoms with Crippen LogP contribution in [0, 0.1) is 0 Å². The third kappa shape index (κ3) is 4.02. The fourth-order valence-electron chi connectivity index (χ4n) is 2.08. The van der Waals surface area contributed by atoms with E-state index in [1.54, 1.807) is 0 Å². The van der Waals surface area contributed by atoms with Gasteiger partial charge in [0.25, 0.3) is 0 Å². The van der Waals surface area contributed by atoms with E-state index in [9.17, 15) is 0 Å². The smallest absolute Gasteiger partial charge is 0.429 e. The molecular weight excluding hydrogens is 261 g/mol. The molecule has 0 fully saturated rings. The first-order valence-corrected chi connectivity index (χ1v) is 6.52. The van der Waals surface area contributed by atoms with Crippen LogP contribution in [0.5, 0.6) is 0 Å². The average Bonchev–Trinajstić information content (AvgIpc) is 2.57. The quantitative estimate of drug-likeness (QED) is 0.707. The molecule has 0 spiro atoms. The molecule has 1 aromatic heterocycles. The van der Waals surface area contributed by atoms with Crippen molar-refractivity contribution in [3.05, 3.63) is 79.0 Å². The van der Waals surface area contributed by atoms with Crippen LogP contribution in [0.25, 0.3) is 22.4 Å². The highest BCUT2D eigenvalue weighted by Crippen LogP contribution is 2.29. The van der Waals surface area contributed by atoms with Gasteiger partial charge in [-0.1, -0.05) is 66.7 Å². The Balaban J connectivity index is 0.000000497. The zero-order chi connectivity index (χ0) is 14.9. The van der Waals surface area contributed by atoms with Crippen LogP contribution in [-0.4, -0.2) is 22.7 Å². The summed E-state index contributed by atoms with van der Waals surface area (Å²) in [5.41, 5.74) is 4.55. The van der Waals surface area contributed by atoms with Crippen LogP contribution in [0.4, 0.5) is 0 Å². The van der Waals surface area contributed by atoms with E-state index in [1.807, 2.05) is 36.5 Å². The van der Waals surface area contributed by atoms with Gasteiger partial charge in [0.1, 0.15) is 0 Å². The minimum atomic E-state index is 0. The molecule has 0 atom stereocenters. The van der Waals surface area contributed by atoms with Gasteiger partial charge in [0.2, 0.25) is 0 Å². The zero-order valence-corrected chi connectivity index (χ0v) is 11.4. The lowest BCUT2D eigenvalue weighted by molar-refractivity contribution is 0.448. The highest BCUT2D eigenvalue weighted by Gasteiger charge is 2.06. The van der Waals surface area contributed by atoms with Gasteiger partial charge in [-0.15, -0.1) is 0 Å². The molecule has 103 valence electrons. The Labute approximate surface area is 124 Å². The van der Waals surface area contributed by atoms with Crippen molar-refractivity contribution in [2.45, 2.75) is 0 Å². The van der Waals surface area contributed by atoms with Crippen LogP contribution in [-0.2, 0) is 0 Å². The Morgan fingerprint density at radius 2 is 1.19 bits per heavy atom. The second-order valence-corrected chi connectivity index (χ2v) is 4.25. The topological polar surface area (TPSA) is 53.4 Å². The third-order valence-corrected chi connectivity index (χ3v) is 2.94. The summed E-state index contributed by atoms with van der Waals surface area (Å²) in [5, 5.41) is 14.0. The average molecular weight is 276 g/mol. The summed E-state index contributed by atoms with van der Waals surface area (Å²) < 4.78 is 0. The summed E-state index contributed by atoms with van der Waals surface area (Å²) in [4.78, 5) is 4.53. The standard InChI is InChI=1S/C17H13N.BH2O2/c1-3-8-14(9-4-1)16-12-7-13-18-17(16)15-10-5-2-6-11-15;2-1-3/h1-13H;2-3H. The molecule has 0 amide bonds. The second-order valence-electron chi connectivity index (χ2n) is 4.25. The van der Waals surface area contributed by atoms with Crippen LogP contribution in [0.3, 0.4) is 0 Å². The largest absolute Gasteiger partial charge is 0.482 e. The minimum Gasteiger partial charge on any atom is -0.429 e. The van der Waals surface area contributed by atoms with Crippen molar-refractivity contribution in [2.24, 2.45) is 0 Å². The van der Waals surface area contributed by atoms with Gasteiger partial charge in [-0.25, -0.2) is 0 Å². The summed E-state index contributed by atoms with van der Waals surface area (Å²) in [7, 11) is 0. The molecule has 0 aliphatic carbocycles. The second kappa shape index (κ2) is 7.99. The van der Waals surface area contributed by atoms with Gasteiger partial charge in [0.15, 0.2) is 0 Å². The number of rotatable bonds is 2. The Hall–Kier alpha value is -2.43. The molecule has 2 aromatic carbocycles. The van der Waals surface area contributed by atoms with Crippen molar-refractivity contribution < 1.29 is 10.0 Å². The molecule has 0 unspecified atom stereocenters. The van der Waals surface area contributed by atoms with Crippen LogP contribution in [0.1, 0.15) is 0 Å². The fraction of sp³-hybridized carbons (Fsp3) is 0. The van der Waals surface area contributed by atoms with Crippen LogP contribution < -0.4 is 0 Å². The predicted octanol–water partition coefficient (Wildman–Crippen LogP) is 2.92. The van der Waals surface area contributed by atoms with Crippen molar-refractivity contribution in [3.63, 3.8) is 0 Å². The molecule has 3 rings (SSSR count). The molecule has 0 aliphatic rings. The summed E-state index contributed by atoms with van der Waals surface area (Å²) in [6, 6.07) is 24.7. The maximum Gasteiger partial charge on any atom is 0.482 e. The van der Waals surface area contributed by atoms with Gasteiger partial charge < -0.3 is 10.0 Å². The Morgan fingerprint density at radius 3 is 1.76 bits per heavy atom. The number of hydrogen-bond donors (Lipinski definition) is 2. The van der Waals surface area contributed by atoms with E-state index in [4.69, 9.17) is 10.0 Å². The lowest BCUT2D eigenvalue weighted by Gasteiger charge is -2.08. The molecule has 1 heterocycles. The number of pyridine rings is 1. The van der Waals surface area contributed by atoms with Crippen molar-refractivity contribution in [1.82, 2.24) is 4.98 Å². The van der Waals surface area contributed by atoms with Crippen molar-refractivity contribution >= 4 is 7.69 Å². The van der Waals surface area contributed by atoms with E-state index in [0.29, 0.717) is 0 Å². The summed E-state index contributed by atoms with van der Waals surface area (Å²) in [6.45, 7) is 0. The fourth-order valence-corrected chi connectivity index (χ4v) is 2.08. The summed E-state index contributed by atoms with van der Waals surface area (Å²) in [5.74, 6) is 0. The molecule has 0 saturated carbocycles. The normalized spacial score (nSPS) is 9.43. The number of benzene rings is 2. The molecule has 2 N–H and O–H groups in total. The molecule has 4 heteroatoms. The molecular formula is C17H15BNO2. The third-order valence-electron chi connectivity index (χ3n) is 2.94. The van der Waals surface area contributed by atoms with Crippen molar-refractivity contribution in [1.29, 1.82) is 0 Å². The Kier molecular flexibility index (Phi) is 5.70. The van der Waals surface area contributed by atoms with E-state index in [-0.39, 0.29) is 7.69 Å². The first-order chi connectivity index (χ1) is 10.4. The van der Waals surface area contributed by atoms with Crippen molar-refractivity contribution in [2.75, 3.05) is 0 Å². The Morgan fingerprint density at radius 1 is 0.667 bits per heavy atom. The lowest BCUT2D eigenvalue weighted by atomic mass is 10.00. The molecule has 1 radical (unpaired) electrons. The van der Waals surface area contributed by atoms with E-state index >= 15 is 0 Å². The van der Waals surface area contributed by atoms with E-state index in [0.717, 1.165) is 11.3 Å². The minimum absolute atomic E-state index is 0. The van der Waals surface area contributed by atoms with Crippen LogP contribution in [0.2, 0.25) is 0 Å². The van der Waals surface area contributed by atoms with Crippen LogP contribution >= 0.6 is 0 Å². The first-order valence-electron chi connectivity index (χ1n) is 6.52. The molecule has 3 nitrogen and oxygen atoms in total. The monoisotopic (exact) mass is 276 g/mol. The molecule has 21 heavy (non-hydrogen) atoms. The van der Waals surface area contributed by atoms with Gasteiger partial charge in [0.05, 0.1) is 5.69 Å². The predicted molar refractivity (Wildman–Crippen MR) is 85.3 cm³/mol. The molecule has 0 saturated heterocycles. The highest BCUT2D eigenvalue weighted by molar-refractivity contribution is 6.13. The van der Waals surface area contributed by atoms with Crippen molar-refractivity contribution in [3.8, 4) is 22.4 Å². The van der Waals surface area contributed by atoms with E-state index < -0.39 is 0 Å². The maximum atomic E-state index is 7.00. The summed E-state index contributed by atoms with van der Waals surface area (Å²) >= 11 is 0. The zero-order valence-electron chi connectivity index (χ0n) is 11.4. The molecule has 3 aromatic rings. The van der Waals surface area contributed by atoms with Gasteiger partial charge in [0, 0.05) is 17.3 Å². The molecule has 0 aliphatic heterocycles. The summed E-state index contributed by atoms with van der Waals surface area (Å²) in [6.07, 6.45) is 1.84. The van der Waals surface area contributed by atoms with Gasteiger partial charge in [-0.3, -0.25) is 4.98 Å². The molecule has 0 bridgehead atoms. The highest BCUT2D eigenvalue weighted by atomic mass is 16.4. The van der Waals surface area contributed by atoms with Gasteiger partial charge in [-0.2, -0.15) is 0 Å². The van der Waals surface area contributed by atoms with E-state index in [2.05, 4.69) is 47.4 Å². The van der Waals surface area contributed by atoms with Gasteiger partial charge in [-0.05, 0) is 11.6 Å².